The molecule has 1 atom stereocenters. The molecule has 0 spiro atoms. The molecule has 1 unspecified atom stereocenters. The van der Waals surface area contributed by atoms with Crippen LogP contribution in [0, 0.1) is 12.3 Å². The lowest BCUT2D eigenvalue weighted by molar-refractivity contribution is 0.683. The van der Waals surface area contributed by atoms with Gasteiger partial charge in [-0.3, -0.25) is 0 Å². The Morgan fingerprint density at radius 1 is 1.44 bits per heavy atom. The fraction of sp³-hybridized carbons (Fsp3) is 0.615. The number of aromatic nitrogens is 2. The van der Waals surface area contributed by atoms with Crippen molar-refractivity contribution in [3.63, 3.8) is 0 Å². The summed E-state index contributed by atoms with van der Waals surface area (Å²) in [6, 6.07) is 0. The lowest BCUT2D eigenvalue weighted by atomic mass is 10.1. The molecule has 0 saturated heterocycles. The van der Waals surface area contributed by atoms with Gasteiger partial charge in [0, 0.05) is 11.8 Å². The predicted octanol–water partition coefficient (Wildman–Crippen LogP) is 2.74. The molecule has 0 bridgehead atoms. The van der Waals surface area contributed by atoms with E-state index in [9.17, 15) is 0 Å². The summed E-state index contributed by atoms with van der Waals surface area (Å²) in [7, 11) is 0. The van der Waals surface area contributed by atoms with Gasteiger partial charge in [0.2, 0.25) is 0 Å². The smallest absolute Gasteiger partial charge is 0.127 e. The second-order valence-corrected chi connectivity index (χ2v) is 4.49. The number of nitrogens with zero attached hydrogens (tertiary/aromatic N) is 2. The lowest BCUT2D eigenvalue weighted by Gasteiger charge is -2.08. The largest absolute Gasteiger partial charge is 0.384 e. The van der Waals surface area contributed by atoms with Gasteiger partial charge in [0.1, 0.15) is 11.6 Å². The molecular formula is C13H21N3. The summed E-state index contributed by atoms with van der Waals surface area (Å²) in [4.78, 5) is 4.64. The molecule has 0 aliphatic heterocycles. The van der Waals surface area contributed by atoms with Gasteiger partial charge in [-0.2, -0.15) is 0 Å². The SMILES string of the molecule is C#CCn1c(C(C)C)nc(C(C)CC)c1N. The first-order chi connectivity index (χ1) is 7.52. The fourth-order valence-corrected chi connectivity index (χ4v) is 1.76. The Morgan fingerprint density at radius 3 is 2.50 bits per heavy atom. The second-order valence-electron chi connectivity index (χ2n) is 4.49. The van der Waals surface area contributed by atoms with Crippen LogP contribution in [0.5, 0.6) is 0 Å². The van der Waals surface area contributed by atoms with Crippen LogP contribution in [0.2, 0.25) is 0 Å². The first kappa shape index (κ1) is 12.6. The highest BCUT2D eigenvalue weighted by atomic mass is 15.1. The average Bonchev–Trinajstić information content (AvgIpc) is 2.57. The van der Waals surface area contributed by atoms with E-state index in [0.717, 1.165) is 23.8 Å². The summed E-state index contributed by atoms with van der Waals surface area (Å²) < 4.78 is 1.95. The van der Waals surface area contributed by atoms with Gasteiger partial charge in [0.05, 0.1) is 12.2 Å². The van der Waals surface area contributed by atoms with Gasteiger partial charge >= 0.3 is 0 Å². The normalized spacial score (nSPS) is 12.8. The van der Waals surface area contributed by atoms with Gasteiger partial charge in [-0.25, -0.2) is 4.98 Å². The summed E-state index contributed by atoms with van der Waals surface area (Å²) in [5, 5.41) is 0. The zero-order valence-corrected chi connectivity index (χ0v) is 10.6. The molecule has 2 N–H and O–H groups in total. The van der Waals surface area contributed by atoms with E-state index in [1.165, 1.54) is 0 Å². The lowest BCUT2D eigenvalue weighted by Crippen LogP contribution is -2.08. The maximum absolute atomic E-state index is 6.11. The van der Waals surface area contributed by atoms with E-state index in [4.69, 9.17) is 12.2 Å². The van der Waals surface area contributed by atoms with Crippen molar-refractivity contribution in [2.45, 2.75) is 52.5 Å². The van der Waals surface area contributed by atoms with Gasteiger partial charge in [-0.15, -0.1) is 6.42 Å². The van der Waals surface area contributed by atoms with Crippen molar-refractivity contribution in [1.82, 2.24) is 9.55 Å². The van der Waals surface area contributed by atoms with E-state index in [2.05, 4.69) is 38.6 Å². The third-order valence-electron chi connectivity index (χ3n) is 2.91. The maximum Gasteiger partial charge on any atom is 0.127 e. The highest BCUT2D eigenvalue weighted by Crippen LogP contribution is 2.28. The van der Waals surface area contributed by atoms with Crippen molar-refractivity contribution in [2.75, 3.05) is 5.73 Å². The van der Waals surface area contributed by atoms with Crippen LogP contribution in [-0.4, -0.2) is 9.55 Å². The van der Waals surface area contributed by atoms with Crippen LogP contribution in [0.4, 0.5) is 5.82 Å². The number of rotatable bonds is 4. The van der Waals surface area contributed by atoms with Crippen LogP contribution >= 0.6 is 0 Å². The summed E-state index contributed by atoms with van der Waals surface area (Å²) >= 11 is 0. The number of anilines is 1. The van der Waals surface area contributed by atoms with Gasteiger partial charge in [-0.05, 0) is 6.42 Å². The van der Waals surface area contributed by atoms with Crippen molar-refractivity contribution < 1.29 is 0 Å². The molecule has 1 aromatic heterocycles. The minimum atomic E-state index is 0.341. The standard InChI is InChI=1S/C13H21N3/c1-6-8-16-12(14)11(10(5)7-2)15-13(16)9(3)4/h1,9-10H,7-8,14H2,2-5H3. The van der Waals surface area contributed by atoms with Gasteiger partial charge in [-0.1, -0.05) is 33.6 Å². The Morgan fingerprint density at radius 2 is 2.06 bits per heavy atom. The van der Waals surface area contributed by atoms with E-state index in [1.807, 2.05) is 4.57 Å². The first-order valence-electron chi connectivity index (χ1n) is 5.82. The molecule has 0 aliphatic carbocycles. The van der Waals surface area contributed by atoms with Crippen LogP contribution < -0.4 is 5.73 Å². The average molecular weight is 219 g/mol. The number of terminal acetylenes is 1. The van der Waals surface area contributed by atoms with Crippen LogP contribution in [-0.2, 0) is 6.54 Å². The van der Waals surface area contributed by atoms with E-state index < -0.39 is 0 Å². The van der Waals surface area contributed by atoms with Gasteiger partial charge in [0.15, 0.2) is 0 Å². The van der Waals surface area contributed by atoms with Crippen molar-refractivity contribution in [1.29, 1.82) is 0 Å². The van der Waals surface area contributed by atoms with Gasteiger partial charge < -0.3 is 10.3 Å². The zero-order chi connectivity index (χ0) is 12.3. The predicted molar refractivity (Wildman–Crippen MR) is 68.3 cm³/mol. The third-order valence-corrected chi connectivity index (χ3v) is 2.91. The molecule has 0 radical (unpaired) electrons. The Hall–Kier alpha value is -1.43. The second kappa shape index (κ2) is 5.07. The number of nitrogen functional groups attached to an aromatic ring is 1. The Bertz CT molecular complexity index is 396. The zero-order valence-electron chi connectivity index (χ0n) is 10.6. The summed E-state index contributed by atoms with van der Waals surface area (Å²) in [5.41, 5.74) is 7.10. The quantitative estimate of drug-likeness (QED) is 0.791. The molecule has 1 aromatic rings. The fourth-order valence-electron chi connectivity index (χ4n) is 1.76. The molecular weight excluding hydrogens is 198 g/mol. The van der Waals surface area contributed by atoms with Crippen LogP contribution in [0.15, 0.2) is 0 Å². The Balaban J connectivity index is 3.25. The Labute approximate surface area is 98.1 Å². The maximum atomic E-state index is 6.11. The van der Waals surface area contributed by atoms with Crippen molar-refractivity contribution in [2.24, 2.45) is 0 Å². The number of hydrogen-bond acceptors (Lipinski definition) is 2. The molecule has 1 rings (SSSR count). The minimum absolute atomic E-state index is 0.341. The summed E-state index contributed by atoms with van der Waals surface area (Å²) in [5.74, 6) is 5.08. The van der Waals surface area contributed by atoms with Crippen molar-refractivity contribution in [3.8, 4) is 12.3 Å². The highest BCUT2D eigenvalue weighted by molar-refractivity contribution is 5.41. The monoisotopic (exact) mass is 219 g/mol. The third kappa shape index (κ3) is 2.21. The van der Waals surface area contributed by atoms with Crippen LogP contribution in [0.3, 0.4) is 0 Å². The topological polar surface area (TPSA) is 43.8 Å². The molecule has 0 saturated carbocycles. The van der Waals surface area contributed by atoms with Crippen molar-refractivity contribution in [3.05, 3.63) is 11.5 Å². The van der Waals surface area contributed by atoms with E-state index >= 15 is 0 Å². The number of imidazole rings is 1. The van der Waals surface area contributed by atoms with Crippen molar-refractivity contribution >= 4 is 5.82 Å². The summed E-state index contributed by atoms with van der Waals surface area (Å²) in [6.45, 7) is 9.00. The molecule has 16 heavy (non-hydrogen) atoms. The molecule has 88 valence electrons. The molecule has 1 heterocycles. The van der Waals surface area contributed by atoms with E-state index in [0.29, 0.717) is 18.4 Å². The molecule has 0 aliphatic rings. The Kier molecular flexibility index (Phi) is 4.00. The van der Waals surface area contributed by atoms with E-state index in [1.54, 1.807) is 0 Å². The summed E-state index contributed by atoms with van der Waals surface area (Å²) in [6.07, 6.45) is 6.40. The number of nitrogens with two attached hydrogens (primary N) is 1. The number of hydrogen-bond donors (Lipinski definition) is 1. The molecule has 3 heteroatoms. The molecule has 0 aromatic carbocycles. The highest BCUT2D eigenvalue weighted by Gasteiger charge is 2.19. The van der Waals surface area contributed by atoms with Gasteiger partial charge in [0.25, 0.3) is 0 Å². The molecule has 0 fully saturated rings. The minimum Gasteiger partial charge on any atom is -0.384 e. The first-order valence-corrected chi connectivity index (χ1v) is 5.82. The van der Waals surface area contributed by atoms with Crippen LogP contribution in [0.25, 0.3) is 0 Å². The van der Waals surface area contributed by atoms with Crippen LogP contribution in [0.1, 0.15) is 57.5 Å². The molecule has 0 amide bonds. The molecule has 3 nitrogen and oxygen atoms in total. The van der Waals surface area contributed by atoms with E-state index in [-0.39, 0.29) is 0 Å².